The van der Waals surface area contributed by atoms with E-state index in [1.807, 2.05) is 43.4 Å². The lowest BCUT2D eigenvalue weighted by atomic mass is 9.87. The molecule has 0 atom stereocenters. The first kappa shape index (κ1) is 20.2. The Labute approximate surface area is 148 Å². The van der Waals surface area contributed by atoms with Gasteiger partial charge in [-0.05, 0) is 36.0 Å². The first-order chi connectivity index (χ1) is 10.5. The van der Waals surface area contributed by atoms with E-state index in [9.17, 15) is 18.0 Å². The molecule has 0 bridgehead atoms. The van der Waals surface area contributed by atoms with Crippen molar-refractivity contribution in [3.05, 3.63) is 34.9 Å². The Balaban J connectivity index is 3.14. The third-order valence-corrected chi connectivity index (χ3v) is 3.61. The van der Waals surface area contributed by atoms with Gasteiger partial charge in [0, 0.05) is 12.6 Å². The summed E-state index contributed by atoms with van der Waals surface area (Å²) in [5, 5.41) is 0.941. The normalized spacial score (nSPS) is 12.3. The zero-order valence-electron chi connectivity index (χ0n) is 13.6. The lowest BCUT2D eigenvalue weighted by molar-refractivity contribution is -0.138. The number of carbonyl (C=O) groups excluding carboxylic acids is 1. The van der Waals surface area contributed by atoms with Crippen LogP contribution < -0.4 is 0 Å². The van der Waals surface area contributed by atoms with Gasteiger partial charge in [-0.1, -0.05) is 49.4 Å². The summed E-state index contributed by atoms with van der Waals surface area (Å²) in [4.78, 5) is 17.1. The Bertz CT molecular complexity index is 553. The maximum atomic E-state index is 13.3. The molecule has 0 aromatic heterocycles. The van der Waals surface area contributed by atoms with E-state index < -0.39 is 17.6 Å². The second kappa shape index (κ2) is 7.83. The first-order valence-corrected chi connectivity index (χ1v) is 8.65. The SMILES string of the molecule is CN(OCI)C(=O)c1ccc(CCC(C)(C)C)c(C(F)(F)F)c1. The van der Waals surface area contributed by atoms with Crippen molar-refractivity contribution in [3.63, 3.8) is 0 Å². The lowest BCUT2D eigenvalue weighted by Gasteiger charge is -2.21. The van der Waals surface area contributed by atoms with Crippen LogP contribution in [0, 0.1) is 5.41 Å². The highest BCUT2D eigenvalue weighted by Crippen LogP contribution is 2.34. The Kier molecular flexibility index (Phi) is 6.88. The van der Waals surface area contributed by atoms with Crippen LogP contribution in [0.25, 0.3) is 0 Å². The molecule has 7 heteroatoms. The van der Waals surface area contributed by atoms with E-state index in [4.69, 9.17) is 4.84 Å². The minimum Gasteiger partial charge on any atom is -0.267 e. The molecule has 0 saturated carbocycles. The smallest absolute Gasteiger partial charge is 0.267 e. The van der Waals surface area contributed by atoms with E-state index in [0.29, 0.717) is 12.8 Å². The van der Waals surface area contributed by atoms with Gasteiger partial charge in [0.1, 0.15) is 4.61 Å². The summed E-state index contributed by atoms with van der Waals surface area (Å²) in [7, 11) is 1.38. The van der Waals surface area contributed by atoms with Gasteiger partial charge in [-0.2, -0.15) is 13.2 Å². The molecule has 0 N–H and O–H groups in total. The van der Waals surface area contributed by atoms with E-state index in [1.54, 1.807) is 0 Å². The van der Waals surface area contributed by atoms with Gasteiger partial charge in [-0.15, -0.1) is 0 Å². The van der Waals surface area contributed by atoms with Gasteiger partial charge < -0.3 is 0 Å². The number of halogens is 4. The number of rotatable bonds is 5. The number of hydrogen-bond acceptors (Lipinski definition) is 2. The van der Waals surface area contributed by atoms with Crippen molar-refractivity contribution in [1.82, 2.24) is 5.06 Å². The van der Waals surface area contributed by atoms with Crippen LogP contribution >= 0.6 is 22.6 Å². The Morgan fingerprint density at radius 3 is 2.35 bits per heavy atom. The molecular weight excluding hydrogens is 422 g/mol. The van der Waals surface area contributed by atoms with Crippen molar-refractivity contribution < 1.29 is 22.8 Å². The first-order valence-electron chi connectivity index (χ1n) is 7.13. The Morgan fingerprint density at radius 1 is 1.26 bits per heavy atom. The molecule has 3 nitrogen and oxygen atoms in total. The largest absolute Gasteiger partial charge is 0.416 e. The highest BCUT2D eigenvalue weighted by molar-refractivity contribution is 14.1. The highest BCUT2D eigenvalue weighted by Gasteiger charge is 2.34. The van der Waals surface area contributed by atoms with Crippen molar-refractivity contribution in [1.29, 1.82) is 0 Å². The molecule has 0 unspecified atom stereocenters. The fourth-order valence-corrected chi connectivity index (χ4v) is 2.43. The summed E-state index contributed by atoms with van der Waals surface area (Å²) in [6.07, 6.45) is -3.56. The minimum absolute atomic E-state index is 0.0378. The minimum atomic E-state index is -4.49. The van der Waals surface area contributed by atoms with Crippen LogP contribution in [-0.2, 0) is 17.4 Å². The van der Waals surface area contributed by atoms with Crippen LogP contribution in [0.4, 0.5) is 13.2 Å². The molecule has 0 aliphatic carbocycles. The molecule has 1 aromatic carbocycles. The van der Waals surface area contributed by atoms with Gasteiger partial charge >= 0.3 is 6.18 Å². The van der Waals surface area contributed by atoms with Crippen molar-refractivity contribution in [3.8, 4) is 0 Å². The van der Waals surface area contributed by atoms with E-state index in [1.165, 1.54) is 19.2 Å². The topological polar surface area (TPSA) is 29.5 Å². The van der Waals surface area contributed by atoms with Crippen molar-refractivity contribution in [2.45, 2.75) is 39.8 Å². The Hall–Kier alpha value is -0.830. The maximum absolute atomic E-state index is 13.3. The van der Waals surface area contributed by atoms with Crippen LogP contribution in [0.2, 0.25) is 0 Å². The number of alkyl halides is 4. The van der Waals surface area contributed by atoms with Crippen LogP contribution in [-0.4, -0.2) is 22.6 Å². The van der Waals surface area contributed by atoms with Crippen LogP contribution in [0.1, 0.15) is 48.7 Å². The second-order valence-electron chi connectivity index (χ2n) is 6.47. The predicted octanol–water partition coefficient (Wildman–Crippen LogP) is 5.08. The predicted molar refractivity (Wildman–Crippen MR) is 91.3 cm³/mol. The average Bonchev–Trinajstić information content (AvgIpc) is 2.42. The van der Waals surface area contributed by atoms with E-state index >= 15 is 0 Å². The molecule has 1 amide bonds. The van der Waals surface area contributed by atoms with Crippen LogP contribution in [0.15, 0.2) is 18.2 Å². The van der Waals surface area contributed by atoms with E-state index in [0.717, 1.165) is 11.1 Å². The molecule has 0 radical (unpaired) electrons. The van der Waals surface area contributed by atoms with Gasteiger partial charge in [-0.3, -0.25) is 9.63 Å². The van der Waals surface area contributed by atoms with Crippen molar-refractivity contribution in [2.75, 3.05) is 11.7 Å². The number of aryl methyl sites for hydroxylation is 1. The molecule has 0 fully saturated rings. The maximum Gasteiger partial charge on any atom is 0.416 e. The quantitative estimate of drug-likeness (QED) is 0.361. The molecule has 0 aliphatic rings. The molecule has 0 saturated heterocycles. The molecular formula is C16H21F3INO2. The van der Waals surface area contributed by atoms with Crippen LogP contribution in [0.5, 0.6) is 0 Å². The number of amides is 1. The van der Waals surface area contributed by atoms with Crippen molar-refractivity contribution in [2.24, 2.45) is 5.41 Å². The summed E-state index contributed by atoms with van der Waals surface area (Å²) < 4.78 is 40.1. The zero-order chi connectivity index (χ0) is 17.8. The average molecular weight is 443 g/mol. The fraction of sp³-hybridized carbons (Fsp3) is 0.562. The number of benzene rings is 1. The third kappa shape index (κ3) is 6.29. The molecule has 0 aliphatic heterocycles. The standard InChI is InChI=1S/C16H21F3INO2/c1-15(2,3)8-7-11-5-6-12(9-13(11)16(17,18)19)14(22)21(4)23-10-20/h5-6,9H,7-8,10H2,1-4H3. The summed E-state index contributed by atoms with van der Waals surface area (Å²) in [6, 6.07) is 3.72. The van der Waals surface area contributed by atoms with Gasteiger partial charge in [0.2, 0.25) is 0 Å². The molecule has 1 rings (SSSR count). The summed E-state index contributed by atoms with van der Waals surface area (Å²) in [6.45, 7) is 5.94. The third-order valence-electron chi connectivity index (χ3n) is 3.34. The summed E-state index contributed by atoms with van der Waals surface area (Å²) in [5.74, 6) is -0.602. The second-order valence-corrected chi connectivity index (χ2v) is 7.09. The van der Waals surface area contributed by atoms with Gasteiger partial charge in [0.05, 0.1) is 5.56 Å². The molecule has 23 heavy (non-hydrogen) atoms. The Morgan fingerprint density at radius 2 is 1.87 bits per heavy atom. The van der Waals surface area contributed by atoms with Crippen LogP contribution in [0.3, 0.4) is 0 Å². The monoisotopic (exact) mass is 443 g/mol. The van der Waals surface area contributed by atoms with Crippen molar-refractivity contribution >= 4 is 28.5 Å². The zero-order valence-corrected chi connectivity index (χ0v) is 15.8. The number of hydrogen-bond donors (Lipinski definition) is 0. The summed E-state index contributed by atoms with van der Waals surface area (Å²) >= 11 is 1.90. The number of hydroxylamine groups is 2. The van der Waals surface area contributed by atoms with E-state index in [-0.39, 0.29) is 21.2 Å². The molecule has 130 valence electrons. The van der Waals surface area contributed by atoms with Gasteiger partial charge in [-0.25, -0.2) is 5.06 Å². The molecule has 1 aromatic rings. The van der Waals surface area contributed by atoms with Gasteiger partial charge in [0.25, 0.3) is 5.91 Å². The highest BCUT2D eigenvalue weighted by atomic mass is 127. The van der Waals surface area contributed by atoms with Gasteiger partial charge in [0.15, 0.2) is 0 Å². The van der Waals surface area contributed by atoms with E-state index in [2.05, 4.69) is 0 Å². The molecule has 0 spiro atoms. The fourth-order valence-electron chi connectivity index (χ4n) is 2.01. The lowest BCUT2D eigenvalue weighted by Crippen LogP contribution is -2.27. The number of carbonyl (C=O) groups is 1. The number of nitrogens with zero attached hydrogens (tertiary/aromatic N) is 1. The molecule has 0 heterocycles. The summed E-state index contributed by atoms with van der Waals surface area (Å²) in [5.41, 5.74) is -0.646.